The van der Waals surface area contributed by atoms with Crippen molar-refractivity contribution in [2.45, 2.75) is 0 Å². The standard InChI is InChI=1S/C16H17N3O2/c20-16(21)14-10-13(12-4-2-1-3-5-12)11-18-15(14)19-8-6-17-7-9-19/h1-5,10-11,17H,6-9H2,(H,20,21). The number of aromatic carboxylic acids is 1. The summed E-state index contributed by atoms with van der Waals surface area (Å²) in [6.07, 6.45) is 1.75. The van der Waals surface area contributed by atoms with Crippen molar-refractivity contribution < 1.29 is 9.90 Å². The maximum absolute atomic E-state index is 11.6. The molecule has 1 aliphatic heterocycles. The summed E-state index contributed by atoms with van der Waals surface area (Å²) in [7, 11) is 0. The van der Waals surface area contributed by atoms with Crippen molar-refractivity contribution in [3.8, 4) is 11.1 Å². The number of aromatic nitrogens is 1. The molecule has 1 aromatic heterocycles. The Hall–Kier alpha value is -2.40. The lowest BCUT2D eigenvalue weighted by molar-refractivity contribution is 0.0697. The number of rotatable bonds is 3. The van der Waals surface area contributed by atoms with E-state index in [1.54, 1.807) is 12.3 Å². The van der Waals surface area contributed by atoms with Gasteiger partial charge in [0.05, 0.1) is 0 Å². The molecule has 2 aromatic rings. The quantitative estimate of drug-likeness (QED) is 0.900. The molecule has 1 fully saturated rings. The van der Waals surface area contributed by atoms with Crippen LogP contribution in [-0.4, -0.2) is 42.2 Å². The van der Waals surface area contributed by atoms with E-state index in [9.17, 15) is 9.90 Å². The van der Waals surface area contributed by atoms with Crippen LogP contribution < -0.4 is 10.2 Å². The number of carboxylic acids is 1. The molecule has 1 saturated heterocycles. The van der Waals surface area contributed by atoms with E-state index in [2.05, 4.69) is 10.3 Å². The molecule has 0 amide bonds. The Morgan fingerprint density at radius 2 is 1.86 bits per heavy atom. The number of pyridine rings is 1. The van der Waals surface area contributed by atoms with Crippen LogP contribution in [-0.2, 0) is 0 Å². The van der Waals surface area contributed by atoms with Gasteiger partial charge < -0.3 is 15.3 Å². The number of benzene rings is 1. The monoisotopic (exact) mass is 283 g/mol. The molecule has 0 spiro atoms. The van der Waals surface area contributed by atoms with Gasteiger partial charge in [0.15, 0.2) is 0 Å². The summed E-state index contributed by atoms with van der Waals surface area (Å²) in [4.78, 5) is 18.0. The highest BCUT2D eigenvalue weighted by molar-refractivity contribution is 5.95. The number of nitrogens with zero attached hydrogens (tertiary/aromatic N) is 2. The highest BCUT2D eigenvalue weighted by atomic mass is 16.4. The van der Waals surface area contributed by atoms with E-state index in [1.165, 1.54) is 0 Å². The zero-order valence-corrected chi connectivity index (χ0v) is 11.6. The number of hydrogen-bond donors (Lipinski definition) is 2. The maximum Gasteiger partial charge on any atom is 0.339 e. The van der Waals surface area contributed by atoms with Crippen LogP contribution in [0, 0.1) is 0 Å². The highest BCUT2D eigenvalue weighted by Gasteiger charge is 2.20. The van der Waals surface area contributed by atoms with Gasteiger partial charge in [0.2, 0.25) is 0 Å². The van der Waals surface area contributed by atoms with Crippen LogP contribution in [0.25, 0.3) is 11.1 Å². The van der Waals surface area contributed by atoms with Gasteiger partial charge in [0, 0.05) is 37.9 Å². The van der Waals surface area contributed by atoms with Crippen molar-refractivity contribution in [1.82, 2.24) is 10.3 Å². The molecule has 0 aliphatic carbocycles. The minimum Gasteiger partial charge on any atom is -0.478 e. The third kappa shape index (κ3) is 2.87. The minimum absolute atomic E-state index is 0.262. The summed E-state index contributed by atoms with van der Waals surface area (Å²) in [5.41, 5.74) is 2.06. The molecule has 0 bridgehead atoms. The van der Waals surface area contributed by atoms with Gasteiger partial charge in [-0.1, -0.05) is 30.3 Å². The zero-order chi connectivity index (χ0) is 14.7. The Bertz CT molecular complexity index is 637. The Balaban J connectivity index is 2.00. The molecule has 0 radical (unpaired) electrons. The topological polar surface area (TPSA) is 65.5 Å². The third-order valence-electron chi connectivity index (χ3n) is 3.62. The van der Waals surface area contributed by atoms with Crippen molar-refractivity contribution in [3.63, 3.8) is 0 Å². The summed E-state index contributed by atoms with van der Waals surface area (Å²) in [5.74, 6) is -0.377. The Labute approximate surface area is 123 Å². The molecule has 1 aromatic carbocycles. The lowest BCUT2D eigenvalue weighted by Gasteiger charge is -2.29. The van der Waals surface area contributed by atoms with E-state index < -0.39 is 5.97 Å². The first-order chi connectivity index (χ1) is 10.3. The van der Waals surface area contributed by atoms with Crippen LogP contribution in [0.1, 0.15) is 10.4 Å². The van der Waals surface area contributed by atoms with Crippen molar-refractivity contribution >= 4 is 11.8 Å². The molecule has 0 saturated carbocycles. The van der Waals surface area contributed by atoms with Gasteiger partial charge >= 0.3 is 5.97 Å². The highest BCUT2D eigenvalue weighted by Crippen LogP contribution is 2.25. The number of piperazine rings is 1. The molecule has 5 heteroatoms. The molecule has 5 nitrogen and oxygen atoms in total. The molecule has 2 N–H and O–H groups in total. The molecule has 3 rings (SSSR count). The predicted octanol–water partition coefficient (Wildman–Crippen LogP) is 1.86. The number of nitrogens with one attached hydrogen (secondary N) is 1. The number of anilines is 1. The summed E-state index contributed by atoms with van der Waals surface area (Å²) in [5, 5.41) is 12.7. The minimum atomic E-state index is -0.936. The van der Waals surface area contributed by atoms with Crippen molar-refractivity contribution in [2.75, 3.05) is 31.1 Å². The second-order valence-corrected chi connectivity index (χ2v) is 5.00. The smallest absolute Gasteiger partial charge is 0.339 e. The van der Waals surface area contributed by atoms with Crippen LogP contribution in [0.5, 0.6) is 0 Å². The molecule has 0 unspecified atom stereocenters. The fraction of sp³-hybridized carbons (Fsp3) is 0.250. The van der Waals surface area contributed by atoms with E-state index in [1.807, 2.05) is 35.2 Å². The van der Waals surface area contributed by atoms with Crippen LogP contribution in [0.2, 0.25) is 0 Å². The van der Waals surface area contributed by atoms with Gasteiger partial charge in [-0.3, -0.25) is 0 Å². The molecule has 21 heavy (non-hydrogen) atoms. The third-order valence-corrected chi connectivity index (χ3v) is 3.62. The molecular weight excluding hydrogens is 266 g/mol. The molecule has 0 atom stereocenters. The number of hydrogen-bond acceptors (Lipinski definition) is 4. The molecule has 1 aliphatic rings. The first kappa shape index (κ1) is 13.6. The fourth-order valence-corrected chi connectivity index (χ4v) is 2.53. The zero-order valence-electron chi connectivity index (χ0n) is 11.6. The van der Waals surface area contributed by atoms with Gasteiger partial charge in [-0.2, -0.15) is 0 Å². The van der Waals surface area contributed by atoms with Crippen molar-refractivity contribution in [3.05, 3.63) is 48.2 Å². The largest absolute Gasteiger partial charge is 0.478 e. The lowest BCUT2D eigenvalue weighted by atomic mass is 10.1. The normalized spacial score (nSPS) is 15.0. The summed E-state index contributed by atoms with van der Waals surface area (Å²) < 4.78 is 0. The predicted molar refractivity (Wildman–Crippen MR) is 81.7 cm³/mol. The van der Waals surface area contributed by atoms with Crippen molar-refractivity contribution in [1.29, 1.82) is 0 Å². The van der Waals surface area contributed by atoms with Crippen LogP contribution in [0.3, 0.4) is 0 Å². The van der Waals surface area contributed by atoms with Gasteiger partial charge in [-0.25, -0.2) is 9.78 Å². The second-order valence-electron chi connectivity index (χ2n) is 5.00. The number of carboxylic acid groups (broad SMARTS) is 1. The molecular formula is C16H17N3O2. The van der Waals surface area contributed by atoms with E-state index >= 15 is 0 Å². The van der Waals surface area contributed by atoms with Crippen LogP contribution in [0.15, 0.2) is 42.6 Å². The Morgan fingerprint density at radius 1 is 1.14 bits per heavy atom. The molecule has 108 valence electrons. The van der Waals surface area contributed by atoms with Crippen molar-refractivity contribution in [2.24, 2.45) is 0 Å². The summed E-state index contributed by atoms with van der Waals surface area (Å²) in [6.45, 7) is 3.25. The molecule has 2 heterocycles. The Kier molecular flexibility index (Phi) is 3.83. The van der Waals surface area contributed by atoms with Crippen LogP contribution in [0.4, 0.5) is 5.82 Å². The average Bonchev–Trinajstić information content (AvgIpc) is 2.56. The Morgan fingerprint density at radius 3 is 2.52 bits per heavy atom. The first-order valence-electron chi connectivity index (χ1n) is 7.00. The van der Waals surface area contributed by atoms with Gasteiger partial charge in [0.25, 0.3) is 0 Å². The number of carbonyl (C=O) groups is 1. The van der Waals surface area contributed by atoms with Gasteiger partial charge in [-0.05, 0) is 11.6 Å². The SMILES string of the molecule is O=C(O)c1cc(-c2ccccc2)cnc1N1CCNCC1. The maximum atomic E-state index is 11.6. The van der Waals surface area contributed by atoms with Gasteiger partial charge in [-0.15, -0.1) is 0 Å². The van der Waals surface area contributed by atoms with E-state index in [-0.39, 0.29) is 5.56 Å². The lowest BCUT2D eigenvalue weighted by Crippen LogP contribution is -2.44. The fourth-order valence-electron chi connectivity index (χ4n) is 2.53. The van der Waals surface area contributed by atoms with E-state index in [4.69, 9.17) is 0 Å². The van der Waals surface area contributed by atoms with E-state index in [0.29, 0.717) is 5.82 Å². The summed E-state index contributed by atoms with van der Waals surface area (Å²) >= 11 is 0. The second kappa shape index (κ2) is 5.93. The van der Waals surface area contributed by atoms with E-state index in [0.717, 1.165) is 37.3 Å². The first-order valence-corrected chi connectivity index (χ1v) is 7.00. The van der Waals surface area contributed by atoms with Crippen LogP contribution >= 0.6 is 0 Å². The van der Waals surface area contributed by atoms with Gasteiger partial charge in [0.1, 0.15) is 11.4 Å². The average molecular weight is 283 g/mol. The summed E-state index contributed by atoms with van der Waals surface area (Å²) in [6, 6.07) is 11.4.